The van der Waals surface area contributed by atoms with Crippen LogP contribution in [0, 0.1) is 11.3 Å². The number of para-hydroxylation sites is 1. The minimum atomic E-state index is 0.346. The monoisotopic (exact) mass is 259 g/mol. The molecule has 0 amide bonds. The van der Waals surface area contributed by atoms with Gasteiger partial charge < -0.3 is 5.32 Å². The molecule has 1 heterocycles. The fourth-order valence-electron chi connectivity index (χ4n) is 2.13. The summed E-state index contributed by atoms with van der Waals surface area (Å²) < 4.78 is 1.96. The molecule has 0 saturated heterocycles. The Kier molecular flexibility index (Phi) is 3.95. The van der Waals surface area contributed by atoms with E-state index in [0.29, 0.717) is 11.3 Å². The summed E-state index contributed by atoms with van der Waals surface area (Å²) >= 11 is 0. The van der Waals surface area contributed by atoms with Crippen LogP contribution < -0.4 is 5.32 Å². The topological polar surface area (TPSA) is 29.9 Å². The van der Waals surface area contributed by atoms with Crippen LogP contribution >= 0.6 is 0 Å². The highest BCUT2D eigenvalue weighted by Crippen LogP contribution is 2.24. The molecule has 1 aromatic carbocycles. The van der Waals surface area contributed by atoms with Crippen LogP contribution in [0.15, 0.2) is 24.3 Å². The average molecular weight is 259 g/mol. The van der Waals surface area contributed by atoms with Crippen molar-refractivity contribution in [3.63, 3.8) is 0 Å². The largest absolute Gasteiger partial charge is 0.311 e. The Labute approximate surface area is 116 Å². The van der Waals surface area contributed by atoms with E-state index in [1.165, 1.54) is 10.9 Å². The van der Waals surface area contributed by atoms with Crippen LogP contribution in [-0.2, 0) is 13.6 Å². The van der Waals surface area contributed by atoms with Crippen molar-refractivity contribution >= 4 is 10.9 Å². The molecule has 0 saturated carbocycles. The highest BCUT2D eigenvalue weighted by atomic mass is 15.3. The first kappa shape index (κ1) is 14.1. The van der Waals surface area contributed by atoms with Gasteiger partial charge in [0.2, 0.25) is 0 Å². The molecule has 2 aromatic rings. The fourth-order valence-corrected chi connectivity index (χ4v) is 2.13. The Bertz CT molecular complexity index is 549. The van der Waals surface area contributed by atoms with E-state index in [0.717, 1.165) is 18.8 Å². The molecule has 1 aromatic heterocycles. The molecule has 0 radical (unpaired) electrons. The van der Waals surface area contributed by atoms with Crippen LogP contribution in [-0.4, -0.2) is 16.3 Å². The zero-order chi connectivity index (χ0) is 14.0. The number of benzene rings is 1. The highest BCUT2D eigenvalue weighted by molar-refractivity contribution is 5.81. The predicted octanol–water partition coefficient (Wildman–Crippen LogP) is 3.35. The summed E-state index contributed by atoms with van der Waals surface area (Å²) in [7, 11) is 2.00. The van der Waals surface area contributed by atoms with Crippen LogP contribution in [0.4, 0.5) is 0 Å². The molecule has 2 rings (SSSR count). The quantitative estimate of drug-likeness (QED) is 0.912. The summed E-state index contributed by atoms with van der Waals surface area (Å²) in [4.78, 5) is 0. The van der Waals surface area contributed by atoms with Crippen LogP contribution in [0.1, 0.15) is 33.4 Å². The number of rotatable bonds is 4. The smallest absolute Gasteiger partial charge is 0.0841 e. The number of aromatic nitrogens is 2. The Morgan fingerprint density at radius 2 is 1.95 bits per heavy atom. The second-order valence-corrected chi connectivity index (χ2v) is 6.49. The van der Waals surface area contributed by atoms with E-state index in [-0.39, 0.29) is 0 Å². The number of hydrogen-bond donors (Lipinski definition) is 1. The van der Waals surface area contributed by atoms with Gasteiger partial charge in [0, 0.05) is 19.0 Å². The molecular formula is C16H25N3. The molecule has 0 bridgehead atoms. The van der Waals surface area contributed by atoms with E-state index >= 15 is 0 Å². The number of fused-ring (bicyclic) bond motifs is 1. The number of nitrogens with zero attached hydrogens (tertiary/aromatic N) is 2. The van der Waals surface area contributed by atoms with Gasteiger partial charge in [-0.2, -0.15) is 5.10 Å². The molecule has 0 aliphatic rings. The third-order valence-corrected chi connectivity index (χ3v) is 4.06. The SMILES string of the molecule is CC(CNCc1nn(C)c2ccccc12)C(C)(C)C. The maximum atomic E-state index is 4.60. The van der Waals surface area contributed by atoms with Crippen molar-refractivity contribution in [2.45, 2.75) is 34.2 Å². The lowest BCUT2D eigenvalue weighted by Gasteiger charge is -2.27. The van der Waals surface area contributed by atoms with Gasteiger partial charge in [0.05, 0.1) is 11.2 Å². The lowest BCUT2D eigenvalue weighted by molar-refractivity contribution is 0.252. The summed E-state index contributed by atoms with van der Waals surface area (Å²) in [5.74, 6) is 0.641. The molecule has 0 spiro atoms. The molecule has 3 heteroatoms. The summed E-state index contributed by atoms with van der Waals surface area (Å²) in [6.07, 6.45) is 0. The minimum absolute atomic E-state index is 0.346. The van der Waals surface area contributed by atoms with Gasteiger partial charge in [-0.25, -0.2) is 0 Å². The number of hydrogen-bond acceptors (Lipinski definition) is 2. The van der Waals surface area contributed by atoms with Crippen molar-refractivity contribution in [3.05, 3.63) is 30.0 Å². The molecule has 1 unspecified atom stereocenters. The second-order valence-electron chi connectivity index (χ2n) is 6.49. The van der Waals surface area contributed by atoms with Gasteiger partial charge in [-0.3, -0.25) is 4.68 Å². The molecule has 1 atom stereocenters. The van der Waals surface area contributed by atoms with E-state index in [9.17, 15) is 0 Å². The minimum Gasteiger partial charge on any atom is -0.311 e. The Balaban J connectivity index is 2.03. The van der Waals surface area contributed by atoms with Crippen LogP contribution in [0.25, 0.3) is 10.9 Å². The lowest BCUT2D eigenvalue weighted by Crippen LogP contribution is -2.29. The third kappa shape index (κ3) is 3.16. The van der Waals surface area contributed by atoms with Crippen LogP contribution in [0.2, 0.25) is 0 Å². The normalized spacial score (nSPS) is 13.9. The van der Waals surface area contributed by atoms with Gasteiger partial charge >= 0.3 is 0 Å². The Hall–Kier alpha value is -1.35. The first-order valence-corrected chi connectivity index (χ1v) is 7.01. The van der Waals surface area contributed by atoms with Crippen LogP contribution in [0.5, 0.6) is 0 Å². The van der Waals surface area contributed by atoms with Crippen molar-refractivity contribution in [2.24, 2.45) is 18.4 Å². The van der Waals surface area contributed by atoms with Gasteiger partial charge in [-0.1, -0.05) is 45.9 Å². The maximum Gasteiger partial charge on any atom is 0.0841 e. The molecule has 0 aliphatic carbocycles. The Morgan fingerprint density at radius 3 is 2.63 bits per heavy atom. The van der Waals surface area contributed by atoms with Crippen molar-refractivity contribution in [3.8, 4) is 0 Å². The van der Waals surface area contributed by atoms with E-state index in [1.54, 1.807) is 0 Å². The maximum absolute atomic E-state index is 4.60. The molecule has 0 fully saturated rings. The third-order valence-electron chi connectivity index (χ3n) is 4.06. The zero-order valence-corrected chi connectivity index (χ0v) is 12.7. The molecule has 1 N–H and O–H groups in total. The van der Waals surface area contributed by atoms with Gasteiger partial charge in [0.15, 0.2) is 0 Å². The first-order chi connectivity index (χ1) is 8.89. The molecule has 3 nitrogen and oxygen atoms in total. The second kappa shape index (κ2) is 5.33. The number of nitrogens with one attached hydrogen (secondary N) is 1. The molecule has 104 valence electrons. The van der Waals surface area contributed by atoms with Crippen LogP contribution in [0.3, 0.4) is 0 Å². The standard InChI is InChI=1S/C16H25N3/c1-12(16(2,3)4)10-17-11-14-13-8-6-7-9-15(13)19(5)18-14/h6-9,12,17H,10-11H2,1-5H3. The van der Waals surface area contributed by atoms with Crippen molar-refractivity contribution in [2.75, 3.05) is 6.54 Å². The van der Waals surface area contributed by atoms with E-state index < -0.39 is 0 Å². The zero-order valence-electron chi connectivity index (χ0n) is 12.7. The van der Waals surface area contributed by atoms with Gasteiger partial charge in [0.1, 0.15) is 0 Å². The van der Waals surface area contributed by atoms with Crippen molar-refractivity contribution in [1.29, 1.82) is 0 Å². The fraction of sp³-hybridized carbons (Fsp3) is 0.562. The molecule has 19 heavy (non-hydrogen) atoms. The van der Waals surface area contributed by atoms with E-state index in [1.807, 2.05) is 11.7 Å². The van der Waals surface area contributed by atoms with E-state index in [4.69, 9.17) is 0 Å². The lowest BCUT2D eigenvalue weighted by atomic mass is 9.82. The summed E-state index contributed by atoms with van der Waals surface area (Å²) in [6.45, 7) is 11.0. The Morgan fingerprint density at radius 1 is 1.26 bits per heavy atom. The van der Waals surface area contributed by atoms with Gasteiger partial charge in [-0.15, -0.1) is 0 Å². The van der Waals surface area contributed by atoms with Gasteiger partial charge in [-0.05, 0) is 23.9 Å². The average Bonchev–Trinajstić information content (AvgIpc) is 2.66. The van der Waals surface area contributed by atoms with Gasteiger partial charge in [0.25, 0.3) is 0 Å². The van der Waals surface area contributed by atoms with Crippen molar-refractivity contribution in [1.82, 2.24) is 15.1 Å². The summed E-state index contributed by atoms with van der Waals surface area (Å²) in [6, 6.07) is 8.39. The highest BCUT2D eigenvalue weighted by Gasteiger charge is 2.19. The van der Waals surface area contributed by atoms with Crippen molar-refractivity contribution < 1.29 is 0 Å². The number of aryl methyl sites for hydroxylation is 1. The summed E-state index contributed by atoms with van der Waals surface area (Å²) in [5.41, 5.74) is 2.68. The molecular weight excluding hydrogens is 234 g/mol. The molecule has 0 aliphatic heterocycles. The predicted molar refractivity (Wildman–Crippen MR) is 81.0 cm³/mol. The van der Waals surface area contributed by atoms with E-state index in [2.05, 4.69) is 62.4 Å². The summed E-state index contributed by atoms with van der Waals surface area (Å²) in [5, 5.41) is 9.39. The first-order valence-electron chi connectivity index (χ1n) is 7.01.